The highest BCUT2D eigenvalue weighted by Gasteiger charge is 2.62. The van der Waals surface area contributed by atoms with E-state index in [1.807, 2.05) is 47.0 Å². The molecule has 0 aliphatic carbocycles. The van der Waals surface area contributed by atoms with Gasteiger partial charge in [0, 0.05) is 41.0 Å². The molecule has 0 aromatic carbocycles. The van der Waals surface area contributed by atoms with Crippen LogP contribution in [0.25, 0.3) is 0 Å². The third-order valence-electron chi connectivity index (χ3n) is 11.1. The van der Waals surface area contributed by atoms with E-state index < -0.39 is 131 Å². The molecule has 59 heavy (non-hydrogen) atoms. The number of ether oxygens (including phenoxy) is 7. The molecule has 3 N–H and O–H groups in total. The highest BCUT2D eigenvalue weighted by atomic mass is 32.2. The van der Waals surface area contributed by atoms with Gasteiger partial charge in [0.1, 0.15) is 31.0 Å². The fraction of sp³-hybridized carbons (Fsp3) is 0.842. The van der Waals surface area contributed by atoms with Crippen LogP contribution in [-0.2, 0) is 70.8 Å². The molecule has 2 saturated heterocycles. The molecule has 18 nitrogen and oxygen atoms in total. The summed E-state index contributed by atoms with van der Waals surface area (Å²) in [6, 6.07) is -1.40. The minimum Gasteiger partial charge on any atom is -0.466 e. The molecular weight excluding hydrogens is 831 g/mol. The molecule has 0 unspecified atom stereocenters. The molecule has 21 heteroatoms. The van der Waals surface area contributed by atoms with Crippen molar-refractivity contribution in [2.75, 3.05) is 20.3 Å². The third kappa shape index (κ3) is 13.9. The predicted octanol–water partition coefficient (Wildman–Crippen LogP) is 3.10. The van der Waals surface area contributed by atoms with Crippen LogP contribution in [0.3, 0.4) is 0 Å². The first-order chi connectivity index (χ1) is 26.8. The number of esters is 5. The van der Waals surface area contributed by atoms with E-state index in [0.29, 0.717) is 11.8 Å². The van der Waals surface area contributed by atoms with Gasteiger partial charge in [0.05, 0.1) is 31.1 Å². The first kappa shape index (κ1) is 52.5. The lowest BCUT2D eigenvalue weighted by atomic mass is 9.89. The number of hydrogen-bond donors (Lipinski definition) is 3. The van der Waals surface area contributed by atoms with E-state index in [1.165, 1.54) is 0 Å². The quantitative estimate of drug-likeness (QED) is 0.115. The SMILES string of the molecule is COC(=O)[C@@]1(S[C@H]2[C@@H](O)[C@@H](CO[Si](C)(C)C(C)(C)C)O[C@@H](O[Si](C)(C)C(C)(C)C)[C@@H]2O)C[C@H](OC(C)=O)[C@@H](NC(C)=O)[C@H]([C@H](OC(C)=O)[C@@H](COC(C)=O)OC(C)=O)O1. The molecular formula is C38H67NO17SSi2. The Balaban J connectivity index is 2.92. The van der Waals surface area contributed by atoms with Gasteiger partial charge in [0.2, 0.25) is 10.8 Å². The zero-order chi connectivity index (χ0) is 45.6. The van der Waals surface area contributed by atoms with Gasteiger partial charge in [-0.25, -0.2) is 4.79 Å². The highest BCUT2D eigenvalue weighted by Crippen LogP contribution is 2.49. The number of carbonyl (C=O) groups excluding carboxylic acids is 6. The normalized spacial score (nSPS) is 29.0. The average molecular weight is 898 g/mol. The van der Waals surface area contributed by atoms with Crippen molar-refractivity contribution in [3.8, 4) is 0 Å². The zero-order valence-corrected chi connectivity index (χ0v) is 40.1. The van der Waals surface area contributed by atoms with Gasteiger partial charge in [0.25, 0.3) is 0 Å². The molecule has 2 heterocycles. The number of aliphatic hydroxyl groups excluding tert-OH is 2. The molecule has 2 aliphatic heterocycles. The van der Waals surface area contributed by atoms with Gasteiger partial charge < -0.3 is 57.5 Å². The summed E-state index contributed by atoms with van der Waals surface area (Å²) < 4.78 is 53.3. The summed E-state index contributed by atoms with van der Waals surface area (Å²) in [4.78, 5) is 74.5. The molecule has 0 spiro atoms. The number of carbonyl (C=O) groups is 6. The van der Waals surface area contributed by atoms with Crippen LogP contribution in [0, 0.1) is 0 Å². The highest BCUT2D eigenvalue weighted by molar-refractivity contribution is 8.01. The van der Waals surface area contributed by atoms with Crippen LogP contribution < -0.4 is 5.32 Å². The molecule has 2 aliphatic rings. The van der Waals surface area contributed by atoms with Gasteiger partial charge in [-0.05, 0) is 36.3 Å². The number of rotatable bonds is 16. The number of nitrogens with one attached hydrogen (secondary N) is 1. The van der Waals surface area contributed by atoms with Crippen molar-refractivity contribution < 1.29 is 81.0 Å². The Hall–Kier alpha value is -2.64. The van der Waals surface area contributed by atoms with Crippen LogP contribution in [0.1, 0.15) is 82.6 Å². The molecule has 2 rings (SSSR count). The summed E-state index contributed by atoms with van der Waals surface area (Å²) in [6.45, 7) is 24.8. The monoisotopic (exact) mass is 897 g/mol. The van der Waals surface area contributed by atoms with Crippen molar-refractivity contribution >= 4 is 64.2 Å². The molecule has 0 bridgehead atoms. The zero-order valence-electron chi connectivity index (χ0n) is 37.3. The van der Waals surface area contributed by atoms with Crippen LogP contribution in [-0.4, -0.2) is 148 Å². The lowest BCUT2D eigenvalue weighted by molar-refractivity contribution is -0.242. The Kier molecular flexibility index (Phi) is 18.2. The fourth-order valence-corrected chi connectivity index (χ4v) is 9.76. The molecule has 340 valence electrons. The lowest BCUT2D eigenvalue weighted by Gasteiger charge is -2.52. The van der Waals surface area contributed by atoms with E-state index in [0.717, 1.165) is 41.7 Å². The number of methoxy groups -OCH3 is 1. The maximum absolute atomic E-state index is 14.3. The van der Waals surface area contributed by atoms with Crippen molar-refractivity contribution in [2.24, 2.45) is 0 Å². The van der Waals surface area contributed by atoms with E-state index in [-0.39, 0.29) is 16.7 Å². The van der Waals surface area contributed by atoms with Gasteiger partial charge in [0.15, 0.2) is 35.1 Å². The second kappa shape index (κ2) is 20.5. The summed E-state index contributed by atoms with van der Waals surface area (Å²) in [7, 11) is -4.07. The minimum absolute atomic E-state index is 0.108. The molecule has 0 saturated carbocycles. The Bertz CT molecular complexity index is 1520. The third-order valence-corrected chi connectivity index (χ3v) is 21.7. The van der Waals surface area contributed by atoms with E-state index in [1.54, 1.807) is 0 Å². The molecule has 0 aromatic heterocycles. The molecule has 1 amide bonds. The number of hydrogen-bond acceptors (Lipinski definition) is 18. The Morgan fingerprint density at radius 3 is 1.85 bits per heavy atom. The standard InChI is InChI=1S/C38H67NO17SSi2/c1-20(40)39-28-25(51-22(3)42)17-38(35(47)48-12,55-32(28)31(53-24(5)44)27(52-23(4)43)18-49-21(2)41)57-33-29(45)26(19-50-58(13,14)36(6,7)8)54-34(30(33)46)56-59(15,16)37(9,10)11/h25-34,45-46H,17-19H2,1-16H3,(H,39,40)/t25-,26+,27+,28+,29-,30+,31+,32+,33-,34-,38-/m0/s1. The lowest BCUT2D eigenvalue weighted by Crippen LogP contribution is -2.69. The van der Waals surface area contributed by atoms with Gasteiger partial charge in [-0.1, -0.05) is 41.5 Å². The van der Waals surface area contributed by atoms with Crippen LogP contribution in [0.4, 0.5) is 0 Å². The molecule has 2 fully saturated rings. The van der Waals surface area contributed by atoms with Gasteiger partial charge in [-0.15, -0.1) is 11.8 Å². The maximum atomic E-state index is 14.3. The number of thioether (sulfide) groups is 1. The summed E-state index contributed by atoms with van der Waals surface area (Å²) in [5, 5.41) is 25.0. The second-order valence-corrected chi connectivity index (χ2v) is 29.0. The summed E-state index contributed by atoms with van der Waals surface area (Å²) in [5.41, 5.74) is 0. The largest absolute Gasteiger partial charge is 0.466 e. The van der Waals surface area contributed by atoms with Gasteiger partial charge in [-0.2, -0.15) is 0 Å². The van der Waals surface area contributed by atoms with Crippen LogP contribution >= 0.6 is 11.8 Å². The predicted molar refractivity (Wildman–Crippen MR) is 219 cm³/mol. The summed E-state index contributed by atoms with van der Waals surface area (Å²) >= 11 is 0.630. The summed E-state index contributed by atoms with van der Waals surface area (Å²) in [5.74, 6) is -5.19. The summed E-state index contributed by atoms with van der Waals surface area (Å²) in [6.07, 6.45) is -12.7. The van der Waals surface area contributed by atoms with E-state index in [2.05, 4.69) is 26.1 Å². The Morgan fingerprint density at radius 1 is 0.831 bits per heavy atom. The first-order valence-corrected chi connectivity index (χ1v) is 26.2. The van der Waals surface area contributed by atoms with Crippen molar-refractivity contribution in [3.05, 3.63) is 0 Å². The minimum atomic E-state index is -2.70. The number of aliphatic hydroxyl groups is 2. The topological polar surface area (TPSA) is 238 Å². The van der Waals surface area contributed by atoms with E-state index >= 15 is 0 Å². The average Bonchev–Trinajstić information content (AvgIpc) is 3.07. The first-order valence-electron chi connectivity index (χ1n) is 19.5. The van der Waals surface area contributed by atoms with Crippen molar-refractivity contribution in [2.45, 2.75) is 184 Å². The molecule has 0 radical (unpaired) electrons. The fourth-order valence-electron chi connectivity index (χ4n) is 5.99. The van der Waals surface area contributed by atoms with Crippen LogP contribution in [0.2, 0.25) is 36.3 Å². The van der Waals surface area contributed by atoms with E-state index in [9.17, 15) is 39.0 Å². The van der Waals surface area contributed by atoms with Gasteiger partial charge >= 0.3 is 29.8 Å². The molecule has 11 atom stereocenters. The van der Waals surface area contributed by atoms with Crippen molar-refractivity contribution in [1.29, 1.82) is 0 Å². The van der Waals surface area contributed by atoms with Crippen LogP contribution in [0.5, 0.6) is 0 Å². The van der Waals surface area contributed by atoms with Gasteiger partial charge in [-0.3, -0.25) is 24.0 Å². The van der Waals surface area contributed by atoms with Crippen molar-refractivity contribution in [1.82, 2.24) is 5.32 Å². The van der Waals surface area contributed by atoms with Crippen molar-refractivity contribution in [3.63, 3.8) is 0 Å². The second-order valence-electron chi connectivity index (χ2n) is 18.0. The Morgan fingerprint density at radius 2 is 1.39 bits per heavy atom. The van der Waals surface area contributed by atoms with Crippen LogP contribution in [0.15, 0.2) is 0 Å². The van der Waals surface area contributed by atoms with E-state index in [4.69, 9.17) is 42.0 Å². The molecule has 0 aromatic rings. The smallest absolute Gasteiger partial charge is 0.349 e. The Labute approximate surface area is 353 Å². The maximum Gasteiger partial charge on any atom is 0.349 e. The number of amides is 1.